The van der Waals surface area contributed by atoms with E-state index in [1.54, 1.807) is 18.4 Å². The van der Waals surface area contributed by atoms with Gasteiger partial charge in [-0.15, -0.1) is 0 Å². The number of esters is 1. The van der Waals surface area contributed by atoms with E-state index >= 15 is 0 Å². The van der Waals surface area contributed by atoms with Crippen LogP contribution in [0, 0.1) is 6.92 Å². The molecule has 2 aliphatic heterocycles. The van der Waals surface area contributed by atoms with Gasteiger partial charge in [0.1, 0.15) is 13.2 Å². The number of hydrogen-bond donors (Lipinski definition) is 0. The molecule has 0 bridgehead atoms. The summed E-state index contributed by atoms with van der Waals surface area (Å²) in [6.07, 6.45) is 1.82. The molecule has 3 heterocycles. The van der Waals surface area contributed by atoms with Crippen LogP contribution in [0.4, 0.5) is 0 Å². The van der Waals surface area contributed by atoms with Gasteiger partial charge in [-0.25, -0.2) is 9.79 Å². The zero-order valence-corrected chi connectivity index (χ0v) is 20.0. The smallest absolute Gasteiger partial charge is 0.338 e. The summed E-state index contributed by atoms with van der Waals surface area (Å²) >= 11 is 1.30. The molecule has 34 heavy (non-hydrogen) atoms. The molecule has 7 nitrogen and oxygen atoms in total. The standard InChI is InChI=1S/C26H24N2O5S/c1-4-31-25(30)22-16(3)27-26-28(23(22)18-8-5-15(2)6-9-18)24(29)21(34-26)14-17-7-10-19-20(13-17)33-12-11-32-19/h5-10,13-14,23H,4,11-12H2,1-3H3/b21-14-/t23-/m1/s1. The molecule has 5 rings (SSSR count). The molecule has 0 N–H and O–H groups in total. The Morgan fingerprint density at radius 1 is 1.15 bits per heavy atom. The van der Waals surface area contributed by atoms with E-state index in [0.717, 1.165) is 16.7 Å². The first-order valence-corrected chi connectivity index (χ1v) is 11.9. The van der Waals surface area contributed by atoms with Crippen molar-refractivity contribution in [3.63, 3.8) is 0 Å². The molecule has 0 unspecified atom stereocenters. The van der Waals surface area contributed by atoms with E-state index in [-0.39, 0.29) is 12.2 Å². The number of aromatic nitrogens is 1. The lowest BCUT2D eigenvalue weighted by Crippen LogP contribution is -2.39. The van der Waals surface area contributed by atoms with Crippen LogP contribution in [0.15, 0.2) is 63.5 Å². The summed E-state index contributed by atoms with van der Waals surface area (Å²) in [7, 11) is 0. The molecule has 0 radical (unpaired) electrons. The normalized spacial score (nSPS) is 17.3. The summed E-state index contributed by atoms with van der Waals surface area (Å²) in [5.74, 6) is 0.889. The highest BCUT2D eigenvalue weighted by Crippen LogP contribution is 2.32. The number of hydrogen-bond acceptors (Lipinski definition) is 7. The fraction of sp³-hybridized carbons (Fsp3) is 0.269. The predicted octanol–water partition coefficient (Wildman–Crippen LogP) is 2.88. The zero-order chi connectivity index (χ0) is 23.8. The van der Waals surface area contributed by atoms with Crippen molar-refractivity contribution < 1.29 is 19.0 Å². The number of benzene rings is 2. The van der Waals surface area contributed by atoms with Crippen molar-refractivity contribution in [1.29, 1.82) is 0 Å². The number of fused-ring (bicyclic) bond motifs is 2. The number of thiazole rings is 1. The van der Waals surface area contributed by atoms with Gasteiger partial charge in [-0.2, -0.15) is 0 Å². The van der Waals surface area contributed by atoms with Crippen LogP contribution in [0.5, 0.6) is 11.5 Å². The van der Waals surface area contributed by atoms with Crippen molar-refractivity contribution in [2.45, 2.75) is 26.8 Å². The molecule has 2 aromatic carbocycles. The molecule has 2 aliphatic rings. The van der Waals surface area contributed by atoms with E-state index in [4.69, 9.17) is 14.2 Å². The Morgan fingerprint density at radius 2 is 1.88 bits per heavy atom. The van der Waals surface area contributed by atoms with Crippen LogP contribution >= 0.6 is 11.3 Å². The summed E-state index contributed by atoms with van der Waals surface area (Å²) in [5.41, 5.74) is 3.46. The average molecular weight is 477 g/mol. The Labute approximate surface area is 200 Å². The van der Waals surface area contributed by atoms with Crippen LogP contribution in [0.25, 0.3) is 6.08 Å². The van der Waals surface area contributed by atoms with Crippen LogP contribution in [-0.2, 0) is 9.53 Å². The third-order valence-electron chi connectivity index (χ3n) is 5.77. The third kappa shape index (κ3) is 3.94. The van der Waals surface area contributed by atoms with Gasteiger partial charge >= 0.3 is 5.97 Å². The maximum Gasteiger partial charge on any atom is 0.338 e. The zero-order valence-electron chi connectivity index (χ0n) is 19.2. The maximum absolute atomic E-state index is 13.6. The van der Waals surface area contributed by atoms with Crippen LogP contribution < -0.4 is 24.4 Å². The van der Waals surface area contributed by atoms with Crippen LogP contribution in [-0.4, -0.2) is 30.4 Å². The first kappa shape index (κ1) is 22.2. The van der Waals surface area contributed by atoms with Gasteiger partial charge in [0.15, 0.2) is 16.3 Å². The fourth-order valence-electron chi connectivity index (χ4n) is 4.16. The number of rotatable bonds is 4. The van der Waals surface area contributed by atoms with Crippen molar-refractivity contribution in [2.24, 2.45) is 4.99 Å². The molecule has 0 aliphatic carbocycles. The Kier molecular flexibility index (Phi) is 5.83. The van der Waals surface area contributed by atoms with Gasteiger partial charge in [0.05, 0.1) is 28.5 Å². The van der Waals surface area contributed by atoms with Gasteiger partial charge in [0.25, 0.3) is 5.56 Å². The number of nitrogens with zero attached hydrogens (tertiary/aromatic N) is 2. The number of allylic oxidation sites excluding steroid dienone is 1. The number of carbonyl (C=O) groups excluding carboxylic acids is 1. The summed E-state index contributed by atoms with van der Waals surface area (Å²) in [5, 5.41) is 0. The van der Waals surface area contributed by atoms with Crippen molar-refractivity contribution in [3.8, 4) is 11.5 Å². The molecule has 174 valence electrons. The molecule has 1 atom stereocenters. The van der Waals surface area contributed by atoms with Crippen molar-refractivity contribution >= 4 is 23.4 Å². The van der Waals surface area contributed by atoms with Crippen molar-refractivity contribution in [1.82, 2.24) is 4.57 Å². The molecule has 0 fully saturated rings. The van der Waals surface area contributed by atoms with Gasteiger partial charge in [-0.05, 0) is 50.1 Å². The molecule has 0 saturated heterocycles. The second-order valence-electron chi connectivity index (χ2n) is 8.12. The Hall–Kier alpha value is -3.65. The lowest BCUT2D eigenvalue weighted by Gasteiger charge is -2.24. The molecule has 8 heteroatoms. The molecule has 1 aromatic heterocycles. The quantitative estimate of drug-likeness (QED) is 0.541. The van der Waals surface area contributed by atoms with E-state index in [1.807, 2.05) is 55.5 Å². The Morgan fingerprint density at radius 3 is 2.62 bits per heavy atom. The highest BCUT2D eigenvalue weighted by molar-refractivity contribution is 7.07. The van der Waals surface area contributed by atoms with E-state index in [2.05, 4.69) is 4.99 Å². The summed E-state index contributed by atoms with van der Waals surface area (Å²) in [6.45, 7) is 6.79. The number of ether oxygens (including phenoxy) is 3. The minimum Gasteiger partial charge on any atom is -0.486 e. The average Bonchev–Trinajstić information content (AvgIpc) is 3.13. The minimum atomic E-state index is -0.613. The second kappa shape index (κ2) is 8.95. The van der Waals surface area contributed by atoms with Gasteiger partial charge in [0, 0.05) is 0 Å². The van der Waals surface area contributed by atoms with E-state index < -0.39 is 12.0 Å². The lowest BCUT2D eigenvalue weighted by atomic mass is 9.95. The monoisotopic (exact) mass is 476 g/mol. The lowest BCUT2D eigenvalue weighted by molar-refractivity contribution is -0.139. The van der Waals surface area contributed by atoms with Gasteiger partial charge in [0.2, 0.25) is 0 Å². The van der Waals surface area contributed by atoms with E-state index in [0.29, 0.717) is 45.3 Å². The molecular weight excluding hydrogens is 452 g/mol. The van der Waals surface area contributed by atoms with Gasteiger partial charge in [-0.3, -0.25) is 9.36 Å². The van der Waals surface area contributed by atoms with Gasteiger partial charge in [-0.1, -0.05) is 47.2 Å². The first-order valence-electron chi connectivity index (χ1n) is 11.1. The molecule has 0 spiro atoms. The number of carbonyl (C=O) groups is 1. The molecule has 0 amide bonds. The van der Waals surface area contributed by atoms with E-state index in [1.165, 1.54) is 11.3 Å². The Bertz CT molecular complexity index is 1480. The van der Waals surface area contributed by atoms with Crippen molar-refractivity contribution in [2.75, 3.05) is 19.8 Å². The fourth-order valence-corrected chi connectivity index (χ4v) is 5.20. The first-order chi connectivity index (χ1) is 16.5. The molecule has 0 saturated carbocycles. The topological polar surface area (TPSA) is 79.1 Å². The predicted molar refractivity (Wildman–Crippen MR) is 129 cm³/mol. The van der Waals surface area contributed by atoms with E-state index in [9.17, 15) is 9.59 Å². The summed E-state index contributed by atoms with van der Waals surface area (Å²) in [6, 6.07) is 12.8. The van der Waals surface area contributed by atoms with Gasteiger partial charge < -0.3 is 14.2 Å². The largest absolute Gasteiger partial charge is 0.486 e. The maximum atomic E-state index is 13.6. The number of aryl methyl sites for hydroxylation is 1. The SMILES string of the molecule is CCOC(=O)C1=C(C)N=c2s/c(=C\c3ccc4c(c3)OCCO4)c(=O)n2[C@@H]1c1ccc(C)cc1. The van der Waals surface area contributed by atoms with Crippen LogP contribution in [0.3, 0.4) is 0 Å². The highest BCUT2D eigenvalue weighted by Gasteiger charge is 2.33. The molecule has 3 aromatic rings. The molecular formula is C26H24N2O5S. The third-order valence-corrected chi connectivity index (χ3v) is 6.76. The van der Waals surface area contributed by atoms with Crippen molar-refractivity contribution in [3.05, 3.63) is 90.1 Å². The van der Waals surface area contributed by atoms with Crippen LogP contribution in [0.2, 0.25) is 0 Å². The van der Waals surface area contributed by atoms with Crippen LogP contribution in [0.1, 0.15) is 36.6 Å². The minimum absolute atomic E-state index is 0.210. The highest BCUT2D eigenvalue weighted by atomic mass is 32.1. The Balaban J connectivity index is 1.67. The summed E-state index contributed by atoms with van der Waals surface area (Å²) in [4.78, 5) is 31.7. The summed E-state index contributed by atoms with van der Waals surface area (Å²) < 4.78 is 18.7. The second-order valence-corrected chi connectivity index (χ2v) is 9.13.